The van der Waals surface area contributed by atoms with Gasteiger partial charge in [0.15, 0.2) is 6.10 Å². The van der Waals surface area contributed by atoms with Crippen molar-refractivity contribution >= 4 is 5.91 Å². The van der Waals surface area contributed by atoms with Gasteiger partial charge in [0.2, 0.25) is 0 Å². The summed E-state index contributed by atoms with van der Waals surface area (Å²) < 4.78 is 0. The molecule has 0 heterocycles. The third-order valence-electron chi connectivity index (χ3n) is 4.84. The molecule has 1 atom stereocenters. The number of nitrogens with two attached hydrogens (primary N) is 1. The van der Waals surface area contributed by atoms with Gasteiger partial charge < -0.3 is 10.8 Å². The van der Waals surface area contributed by atoms with Gasteiger partial charge in [-0.05, 0) is 46.3 Å². The van der Waals surface area contributed by atoms with Gasteiger partial charge in [-0.25, -0.2) is 0 Å². The molecule has 3 heteroatoms. The number of amides is 1. The number of rotatable bonds is 16. The molecule has 0 aromatic carbocycles. The highest BCUT2D eigenvalue weighted by molar-refractivity contribution is 5.84. The van der Waals surface area contributed by atoms with Crippen LogP contribution in [0.4, 0.5) is 0 Å². The number of unbranched alkanes of at least 4 members (excludes halogenated alkanes) is 7. The Hall–Kier alpha value is -2.13. The highest BCUT2D eigenvalue weighted by Gasteiger charge is 2.20. The largest absolute Gasteiger partial charge is 0.378 e. The lowest BCUT2D eigenvalue weighted by Crippen LogP contribution is -2.30. The van der Waals surface area contributed by atoms with Gasteiger partial charge in [0, 0.05) is 0 Å². The molecule has 0 aliphatic rings. The highest BCUT2D eigenvalue weighted by atomic mass is 16.3. The van der Waals surface area contributed by atoms with E-state index < -0.39 is 12.0 Å². The first kappa shape index (κ1) is 24.9. The lowest BCUT2D eigenvalue weighted by Gasteiger charge is -2.19. The molecule has 0 radical (unpaired) electrons. The van der Waals surface area contributed by atoms with Crippen LogP contribution < -0.4 is 5.73 Å². The number of carbonyl (C=O) groups is 1. The maximum absolute atomic E-state index is 11.1. The average molecular weight is 372 g/mol. The highest BCUT2D eigenvalue weighted by Crippen LogP contribution is 2.31. The van der Waals surface area contributed by atoms with Crippen molar-refractivity contribution in [3.05, 3.63) is 72.9 Å². The van der Waals surface area contributed by atoms with Crippen molar-refractivity contribution in [3.8, 4) is 0 Å². The average Bonchev–Trinajstić information content (AvgIpc) is 2.65. The van der Waals surface area contributed by atoms with E-state index in [1.165, 1.54) is 44.9 Å². The zero-order valence-corrected chi connectivity index (χ0v) is 17.1. The van der Waals surface area contributed by atoms with E-state index in [0.717, 1.165) is 18.4 Å². The van der Waals surface area contributed by atoms with Gasteiger partial charge in [-0.15, -0.1) is 0 Å². The number of aliphatic hydroxyl groups is 1. The number of hydrogen-bond acceptors (Lipinski definition) is 2. The van der Waals surface area contributed by atoms with Crippen LogP contribution in [0.2, 0.25) is 0 Å². The van der Waals surface area contributed by atoms with Crippen LogP contribution in [0.3, 0.4) is 0 Å². The van der Waals surface area contributed by atoms with E-state index >= 15 is 0 Å². The third-order valence-corrected chi connectivity index (χ3v) is 4.84. The first-order chi connectivity index (χ1) is 12.6. The van der Waals surface area contributed by atoms with Crippen molar-refractivity contribution in [2.45, 2.75) is 70.8 Å². The zero-order valence-electron chi connectivity index (χ0n) is 17.1. The standard InChI is InChI=1S/C24H37NO2/c1-8-9-10-11-12-13-14-15-16-17(2)18(3)19(4)20(5)21(6)22(7)23(26)24(25)27/h23,26H,2-16H2,1H3,(H2,25,27). The molecule has 0 aliphatic heterocycles. The second kappa shape index (κ2) is 13.1. The fraction of sp³-hybridized carbons (Fsp3) is 0.458. The van der Waals surface area contributed by atoms with Gasteiger partial charge in [-0.1, -0.05) is 91.3 Å². The quantitative estimate of drug-likeness (QED) is 0.270. The molecule has 0 fully saturated rings. The Balaban J connectivity index is 4.38. The van der Waals surface area contributed by atoms with E-state index in [2.05, 4.69) is 46.4 Å². The molecule has 3 N–H and O–H groups in total. The van der Waals surface area contributed by atoms with Crippen molar-refractivity contribution in [2.75, 3.05) is 0 Å². The molecule has 150 valence electrons. The predicted molar refractivity (Wildman–Crippen MR) is 117 cm³/mol. The molecule has 1 amide bonds. The van der Waals surface area contributed by atoms with E-state index in [1.54, 1.807) is 0 Å². The van der Waals surface area contributed by atoms with Gasteiger partial charge >= 0.3 is 0 Å². The molecular formula is C24H37NO2. The molecular weight excluding hydrogens is 334 g/mol. The van der Waals surface area contributed by atoms with Crippen LogP contribution in [-0.2, 0) is 4.79 Å². The fourth-order valence-corrected chi connectivity index (χ4v) is 2.73. The fourth-order valence-electron chi connectivity index (χ4n) is 2.73. The smallest absolute Gasteiger partial charge is 0.250 e. The molecule has 0 aromatic heterocycles. The van der Waals surface area contributed by atoms with E-state index in [1.807, 2.05) is 0 Å². The Bertz CT molecular complexity index is 610. The Labute approximate surface area is 165 Å². The lowest BCUT2D eigenvalue weighted by molar-refractivity contribution is -0.124. The first-order valence-electron chi connectivity index (χ1n) is 9.76. The minimum atomic E-state index is -1.49. The van der Waals surface area contributed by atoms with E-state index in [9.17, 15) is 9.90 Å². The van der Waals surface area contributed by atoms with Gasteiger partial charge in [0.25, 0.3) is 5.91 Å². The first-order valence-corrected chi connectivity index (χ1v) is 9.76. The Kier molecular flexibility index (Phi) is 12.1. The Morgan fingerprint density at radius 2 is 1.22 bits per heavy atom. The second-order valence-corrected chi connectivity index (χ2v) is 7.07. The van der Waals surface area contributed by atoms with Crippen LogP contribution >= 0.6 is 0 Å². The summed E-state index contributed by atoms with van der Waals surface area (Å²) in [4.78, 5) is 11.1. The second-order valence-electron chi connectivity index (χ2n) is 7.07. The van der Waals surface area contributed by atoms with Crippen LogP contribution in [0.25, 0.3) is 0 Å². The van der Waals surface area contributed by atoms with E-state index in [0.29, 0.717) is 22.3 Å². The lowest BCUT2D eigenvalue weighted by atomic mass is 9.87. The number of hydrogen-bond donors (Lipinski definition) is 2. The van der Waals surface area contributed by atoms with Crippen LogP contribution in [0.5, 0.6) is 0 Å². The van der Waals surface area contributed by atoms with E-state index in [4.69, 9.17) is 5.73 Å². The summed E-state index contributed by atoms with van der Waals surface area (Å²) in [5, 5.41) is 9.73. The SMILES string of the molecule is C=C(CCCCCCCCCC)C(=C)C(=C)C(=C)C(=C)C(=C)C(O)C(N)=O. The number of primary amides is 1. The van der Waals surface area contributed by atoms with Crippen molar-refractivity contribution in [2.24, 2.45) is 5.73 Å². The number of aliphatic hydroxyl groups excluding tert-OH is 1. The summed E-state index contributed by atoms with van der Waals surface area (Å²) in [6, 6.07) is 0. The molecule has 0 spiro atoms. The molecule has 0 saturated carbocycles. The normalized spacial score (nSPS) is 11.5. The minimum absolute atomic E-state index is 0.120. The van der Waals surface area contributed by atoms with Gasteiger partial charge in [0.05, 0.1) is 0 Å². The van der Waals surface area contributed by atoms with Crippen molar-refractivity contribution in [1.82, 2.24) is 0 Å². The molecule has 1 unspecified atom stereocenters. The molecule has 0 bridgehead atoms. The summed E-state index contributed by atoms with van der Waals surface area (Å²) in [6.07, 6.45) is 9.42. The third kappa shape index (κ3) is 8.87. The van der Waals surface area contributed by atoms with Crippen molar-refractivity contribution in [1.29, 1.82) is 0 Å². The molecule has 0 aromatic rings. The maximum Gasteiger partial charge on any atom is 0.250 e. The summed E-state index contributed by atoms with van der Waals surface area (Å²) in [5.74, 6) is -0.877. The van der Waals surface area contributed by atoms with Crippen LogP contribution in [0.1, 0.15) is 64.7 Å². The summed E-state index contributed by atoms with van der Waals surface area (Å²) in [6.45, 7) is 25.9. The topological polar surface area (TPSA) is 63.3 Å². The molecule has 3 nitrogen and oxygen atoms in total. The minimum Gasteiger partial charge on any atom is -0.378 e. The van der Waals surface area contributed by atoms with Crippen molar-refractivity contribution in [3.63, 3.8) is 0 Å². The summed E-state index contributed by atoms with van der Waals surface area (Å²) >= 11 is 0. The van der Waals surface area contributed by atoms with Gasteiger partial charge in [0.1, 0.15) is 0 Å². The molecule has 0 aliphatic carbocycles. The Morgan fingerprint density at radius 3 is 1.70 bits per heavy atom. The van der Waals surface area contributed by atoms with E-state index in [-0.39, 0.29) is 5.57 Å². The van der Waals surface area contributed by atoms with Gasteiger partial charge in [-0.2, -0.15) is 0 Å². The monoisotopic (exact) mass is 371 g/mol. The molecule has 27 heavy (non-hydrogen) atoms. The van der Waals surface area contributed by atoms with Crippen LogP contribution in [0.15, 0.2) is 72.9 Å². The van der Waals surface area contributed by atoms with Crippen LogP contribution in [0, 0.1) is 0 Å². The molecule has 0 saturated heterocycles. The summed E-state index contributed by atoms with van der Waals surface area (Å²) in [5.41, 5.74) is 8.25. The predicted octanol–water partition coefficient (Wildman–Crippen LogP) is 5.70. The van der Waals surface area contributed by atoms with Gasteiger partial charge in [-0.3, -0.25) is 4.79 Å². The Morgan fingerprint density at radius 1 is 0.778 bits per heavy atom. The van der Waals surface area contributed by atoms with Crippen LogP contribution in [-0.4, -0.2) is 17.1 Å². The number of carbonyl (C=O) groups excluding carboxylic acids is 1. The summed E-state index contributed by atoms with van der Waals surface area (Å²) in [7, 11) is 0. The molecule has 0 rings (SSSR count). The maximum atomic E-state index is 11.1. The van der Waals surface area contributed by atoms with Crippen molar-refractivity contribution < 1.29 is 9.90 Å². The zero-order chi connectivity index (χ0) is 21.0. The number of allylic oxidation sites excluding steroid dienone is 4.